The van der Waals surface area contributed by atoms with Crippen molar-refractivity contribution < 1.29 is 14.3 Å². The average Bonchev–Trinajstić information content (AvgIpc) is 2.56. The lowest BCUT2D eigenvalue weighted by Gasteiger charge is -2.32. The highest BCUT2D eigenvalue weighted by molar-refractivity contribution is 7.98. The molecule has 0 aromatic heterocycles. The number of benzene rings is 1. The van der Waals surface area contributed by atoms with Crippen LogP contribution in [0.3, 0.4) is 0 Å². The SMILES string of the molecule is COC(=O)c1ccc(C)c(NC(=O)N2CCC[C@H](CSC)C2)c1. The van der Waals surface area contributed by atoms with E-state index in [2.05, 4.69) is 11.6 Å². The molecule has 0 bridgehead atoms. The van der Waals surface area contributed by atoms with E-state index >= 15 is 0 Å². The third kappa shape index (κ3) is 4.64. The molecule has 2 rings (SSSR count). The Balaban J connectivity index is 2.06. The molecule has 5 nitrogen and oxygen atoms in total. The number of nitrogens with zero attached hydrogens (tertiary/aromatic N) is 1. The van der Waals surface area contributed by atoms with E-state index in [1.54, 1.807) is 12.1 Å². The fourth-order valence-corrected chi connectivity index (χ4v) is 3.56. The number of nitrogens with one attached hydrogen (secondary N) is 1. The molecule has 1 fully saturated rings. The second-order valence-corrected chi connectivity index (χ2v) is 6.77. The number of piperidine rings is 1. The van der Waals surface area contributed by atoms with Gasteiger partial charge in [-0.1, -0.05) is 6.07 Å². The van der Waals surface area contributed by atoms with E-state index in [0.29, 0.717) is 17.2 Å². The molecule has 0 aliphatic carbocycles. The van der Waals surface area contributed by atoms with Gasteiger partial charge >= 0.3 is 12.0 Å². The number of urea groups is 1. The lowest BCUT2D eigenvalue weighted by Crippen LogP contribution is -2.43. The van der Waals surface area contributed by atoms with Gasteiger partial charge < -0.3 is 15.0 Å². The Morgan fingerprint density at radius 1 is 1.43 bits per heavy atom. The molecule has 1 aromatic rings. The molecule has 0 spiro atoms. The summed E-state index contributed by atoms with van der Waals surface area (Å²) in [4.78, 5) is 26.0. The highest BCUT2D eigenvalue weighted by Crippen LogP contribution is 2.22. The van der Waals surface area contributed by atoms with Crippen LogP contribution >= 0.6 is 11.8 Å². The maximum absolute atomic E-state index is 12.5. The van der Waals surface area contributed by atoms with Gasteiger partial charge in [0.2, 0.25) is 0 Å². The first kappa shape index (κ1) is 17.7. The van der Waals surface area contributed by atoms with E-state index in [4.69, 9.17) is 4.74 Å². The van der Waals surface area contributed by atoms with Gasteiger partial charge in [-0.25, -0.2) is 9.59 Å². The van der Waals surface area contributed by atoms with Gasteiger partial charge in [-0.2, -0.15) is 11.8 Å². The topological polar surface area (TPSA) is 58.6 Å². The van der Waals surface area contributed by atoms with Crippen molar-refractivity contribution >= 4 is 29.4 Å². The third-order valence-corrected chi connectivity index (χ3v) is 4.91. The van der Waals surface area contributed by atoms with Crippen LogP contribution in [0.15, 0.2) is 18.2 Å². The highest BCUT2D eigenvalue weighted by atomic mass is 32.2. The van der Waals surface area contributed by atoms with Crippen molar-refractivity contribution in [3.05, 3.63) is 29.3 Å². The number of likely N-dealkylation sites (tertiary alicyclic amines) is 1. The molecule has 2 amide bonds. The monoisotopic (exact) mass is 336 g/mol. The summed E-state index contributed by atoms with van der Waals surface area (Å²) >= 11 is 1.83. The summed E-state index contributed by atoms with van der Waals surface area (Å²) in [6.45, 7) is 3.48. The van der Waals surface area contributed by atoms with Crippen molar-refractivity contribution in [2.45, 2.75) is 19.8 Å². The molecule has 1 aliphatic heterocycles. The van der Waals surface area contributed by atoms with Crippen molar-refractivity contribution in [2.75, 3.05) is 37.5 Å². The van der Waals surface area contributed by atoms with Gasteiger partial charge in [-0.05, 0) is 55.4 Å². The lowest BCUT2D eigenvalue weighted by atomic mass is 10.0. The number of thioether (sulfide) groups is 1. The van der Waals surface area contributed by atoms with E-state index in [-0.39, 0.29) is 6.03 Å². The molecule has 0 unspecified atom stereocenters. The molecule has 1 saturated heterocycles. The van der Waals surface area contributed by atoms with E-state index in [9.17, 15) is 9.59 Å². The predicted molar refractivity (Wildman–Crippen MR) is 94.2 cm³/mol. The lowest BCUT2D eigenvalue weighted by molar-refractivity contribution is 0.0600. The normalized spacial score (nSPS) is 17.7. The number of amides is 2. The molecule has 0 saturated carbocycles. The number of carbonyl (C=O) groups is 2. The van der Waals surface area contributed by atoms with Crippen LogP contribution in [-0.4, -0.2) is 49.1 Å². The number of hydrogen-bond donors (Lipinski definition) is 1. The first-order valence-electron chi connectivity index (χ1n) is 7.79. The van der Waals surface area contributed by atoms with Crippen molar-refractivity contribution in [1.82, 2.24) is 4.90 Å². The quantitative estimate of drug-likeness (QED) is 0.856. The number of anilines is 1. The second-order valence-electron chi connectivity index (χ2n) is 5.86. The smallest absolute Gasteiger partial charge is 0.337 e. The number of rotatable bonds is 4. The molecule has 6 heteroatoms. The van der Waals surface area contributed by atoms with Crippen LogP contribution < -0.4 is 5.32 Å². The Hall–Kier alpha value is -1.69. The number of methoxy groups -OCH3 is 1. The fourth-order valence-electron chi connectivity index (χ4n) is 2.82. The van der Waals surface area contributed by atoms with Gasteiger partial charge in [-0.3, -0.25) is 0 Å². The minimum atomic E-state index is -0.404. The average molecular weight is 336 g/mol. The second kappa shape index (κ2) is 8.24. The Bertz CT molecular complexity index is 575. The number of esters is 1. The maximum atomic E-state index is 12.5. The Morgan fingerprint density at radius 3 is 2.91 bits per heavy atom. The van der Waals surface area contributed by atoms with Gasteiger partial charge in [0.15, 0.2) is 0 Å². The molecular formula is C17H24N2O3S. The van der Waals surface area contributed by atoms with Crippen molar-refractivity contribution in [3.63, 3.8) is 0 Å². The van der Waals surface area contributed by atoms with Crippen molar-refractivity contribution in [1.29, 1.82) is 0 Å². The van der Waals surface area contributed by atoms with E-state index in [1.165, 1.54) is 13.5 Å². The first-order valence-corrected chi connectivity index (χ1v) is 9.18. The molecule has 1 heterocycles. The minimum Gasteiger partial charge on any atom is -0.465 e. The number of ether oxygens (including phenoxy) is 1. The van der Waals surface area contributed by atoms with Crippen LogP contribution in [0, 0.1) is 12.8 Å². The zero-order chi connectivity index (χ0) is 16.8. The summed E-state index contributed by atoms with van der Waals surface area (Å²) < 4.78 is 4.73. The van der Waals surface area contributed by atoms with Crippen LogP contribution in [0.25, 0.3) is 0 Å². The Labute approximate surface area is 141 Å². The fraction of sp³-hybridized carbons (Fsp3) is 0.529. The molecule has 1 N–H and O–H groups in total. The van der Waals surface area contributed by atoms with E-state index in [0.717, 1.165) is 30.8 Å². The van der Waals surface area contributed by atoms with Gasteiger partial charge in [0.25, 0.3) is 0 Å². The maximum Gasteiger partial charge on any atom is 0.337 e. The van der Waals surface area contributed by atoms with Gasteiger partial charge in [-0.15, -0.1) is 0 Å². The highest BCUT2D eigenvalue weighted by Gasteiger charge is 2.23. The van der Waals surface area contributed by atoms with Crippen LogP contribution in [0.5, 0.6) is 0 Å². The zero-order valence-electron chi connectivity index (χ0n) is 13.9. The van der Waals surface area contributed by atoms with Crippen LogP contribution in [0.1, 0.15) is 28.8 Å². The molecule has 0 radical (unpaired) electrons. The predicted octanol–water partition coefficient (Wildman–Crippen LogP) is 3.39. The van der Waals surface area contributed by atoms with Crippen LogP contribution in [0.2, 0.25) is 0 Å². The zero-order valence-corrected chi connectivity index (χ0v) is 14.7. The van der Waals surface area contributed by atoms with Crippen molar-refractivity contribution in [3.8, 4) is 0 Å². The van der Waals surface area contributed by atoms with Gasteiger partial charge in [0.05, 0.1) is 12.7 Å². The number of hydrogen-bond acceptors (Lipinski definition) is 4. The van der Waals surface area contributed by atoms with Crippen molar-refractivity contribution in [2.24, 2.45) is 5.92 Å². The summed E-state index contributed by atoms with van der Waals surface area (Å²) in [5, 5.41) is 2.93. The standard InChI is InChI=1S/C17H24N2O3S/c1-12-6-7-14(16(20)22-2)9-15(12)18-17(21)19-8-4-5-13(10-19)11-23-3/h6-7,9,13H,4-5,8,10-11H2,1-3H3,(H,18,21)/t13-/m0/s1. The van der Waals surface area contributed by atoms with Gasteiger partial charge in [0.1, 0.15) is 0 Å². The Morgan fingerprint density at radius 2 is 2.22 bits per heavy atom. The minimum absolute atomic E-state index is 0.0964. The van der Waals surface area contributed by atoms with E-state index in [1.807, 2.05) is 29.7 Å². The molecule has 126 valence electrons. The molecule has 23 heavy (non-hydrogen) atoms. The summed E-state index contributed by atoms with van der Waals surface area (Å²) in [7, 11) is 1.35. The summed E-state index contributed by atoms with van der Waals surface area (Å²) in [5.41, 5.74) is 2.01. The molecule has 1 atom stereocenters. The largest absolute Gasteiger partial charge is 0.465 e. The third-order valence-electron chi connectivity index (χ3n) is 4.11. The molecule has 1 aromatic carbocycles. The number of aryl methyl sites for hydroxylation is 1. The van der Waals surface area contributed by atoms with E-state index < -0.39 is 5.97 Å². The van der Waals surface area contributed by atoms with Crippen LogP contribution in [0.4, 0.5) is 10.5 Å². The summed E-state index contributed by atoms with van der Waals surface area (Å²) in [6.07, 6.45) is 4.32. The van der Waals surface area contributed by atoms with Crippen LogP contribution in [-0.2, 0) is 4.74 Å². The number of carbonyl (C=O) groups excluding carboxylic acids is 2. The Kier molecular flexibility index (Phi) is 6.33. The summed E-state index contributed by atoms with van der Waals surface area (Å²) in [5.74, 6) is 1.24. The molecular weight excluding hydrogens is 312 g/mol. The first-order chi connectivity index (χ1) is 11.0. The summed E-state index contributed by atoms with van der Waals surface area (Å²) in [6, 6.07) is 5.09. The molecule has 1 aliphatic rings. The van der Waals surface area contributed by atoms with Gasteiger partial charge in [0, 0.05) is 18.8 Å².